The zero-order valence-electron chi connectivity index (χ0n) is 9.22. The van der Waals surface area contributed by atoms with Crippen LogP contribution in [0.2, 0.25) is 0 Å². The minimum absolute atomic E-state index is 0.335. The molecule has 3 aromatic rings. The number of rotatable bonds is 2. The molecule has 90 valence electrons. The molecule has 3 rings (SSSR count). The van der Waals surface area contributed by atoms with Crippen LogP contribution in [0.1, 0.15) is 5.82 Å². The number of alkyl halides is 1. The fourth-order valence-corrected chi connectivity index (χ4v) is 2.41. The summed E-state index contributed by atoms with van der Waals surface area (Å²) in [5.41, 5.74) is 2.72. The van der Waals surface area contributed by atoms with Crippen molar-refractivity contribution in [1.82, 2.24) is 19.5 Å². The molecule has 6 heteroatoms. The fraction of sp³-hybridized carbons (Fsp3) is 0.0833. The highest BCUT2D eigenvalue weighted by Gasteiger charge is 2.11. The van der Waals surface area contributed by atoms with E-state index in [1.165, 1.54) is 0 Å². The molecule has 0 atom stereocenters. The third-order valence-corrected chi connectivity index (χ3v) is 3.27. The Balaban J connectivity index is 2.33. The molecule has 0 aromatic carbocycles. The SMILES string of the molecule is ClCc1nc2cnccc2n1-c1cncc(Br)c1. The quantitative estimate of drug-likeness (QED) is 0.680. The Bertz CT molecular complexity index is 710. The molecule has 0 unspecified atom stereocenters. The van der Waals surface area contributed by atoms with Crippen LogP contribution >= 0.6 is 27.5 Å². The van der Waals surface area contributed by atoms with Gasteiger partial charge in [0.1, 0.15) is 11.3 Å². The lowest BCUT2D eigenvalue weighted by molar-refractivity contribution is 0.971. The summed E-state index contributed by atoms with van der Waals surface area (Å²) >= 11 is 9.37. The number of hydrogen-bond acceptors (Lipinski definition) is 3. The van der Waals surface area contributed by atoms with Crippen LogP contribution in [0, 0.1) is 0 Å². The van der Waals surface area contributed by atoms with E-state index in [0.29, 0.717) is 5.88 Å². The molecule has 0 saturated carbocycles. The van der Waals surface area contributed by atoms with Crippen LogP contribution in [-0.2, 0) is 5.88 Å². The molecule has 0 aliphatic rings. The third kappa shape index (κ3) is 1.89. The van der Waals surface area contributed by atoms with Gasteiger partial charge in [-0.15, -0.1) is 11.6 Å². The standard InChI is InChI=1S/C12H8BrClN4/c13-8-3-9(6-16-5-8)18-11-1-2-15-7-10(11)17-12(18)4-14/h1-3,5-7H,4H2. The molecule has 0 spiro atoms. The summed E-state index contributed by atoms with van der Waals surface area (Å²) in [4.78, 5) is 12.7. The number of halogens is 2. The van der Waals surface area contributed by atoms with E-state index in [1.807, 2.05) is 16.7 Å². The molecule has 18 heavy (non-hydrogen) atoms. The van der Waals surface area contributed by atoms with Crippen LogP contribution in [0.25, 0.3) is 16.7 Å². The lowest BCUT2D eigenvalue weighted by Gasteiger charge is -2.07. The minimum Gasteiger partial charge on any atom is -0.294 e. The first-order valence-corrected chi connectivity index (χ1v) is 6.60. The van der Waals surface area contributed by atoms with Gasteiger partial charge in [-0.05, 0) is 28.1 Å². The Morgan fingerprint density at radius 3 is 2.89 bits per heavy atom. The van der Waals surface area contributed by atoms with Gasteiger partial charge in [0.2, 0.25) is 0 Å². The number of nitrogens with zero attached hydrogens (tertiary/aromatic N) is 4. The maximum Gasteiger partial charge on any atom is 0.129 e. The molecule has 0 N–H and O–H groups in total. The van der Waals surface area contributed by atoms with Crippen LogP contribution in [0.5, 0.6) is 0 Å². The summed E-state index contributed by atoms with van der Waals surface area (Å²) in [5.74, 6) is 1.11. The highest BCUT2D eigenvalue weighted by atomic mass is 79.9. The van der Waals surface area contributed by atoms with Crippen LogP contribution in [0.4, 0.5) is 0 Å². The van der Waals surface area contributed by atoms with E-state index in [4.69, 9.17) is 11.6 Å². The van der Waals surface area contributed by atoms with Crippen molar-refractivity contribution in [3.8, 4) is 5.69 Å². The van der Waals surface area contributed by atoms with Crippen molar-refractivity contribution < 1.29 is 0 Å². The van der Waals surface area contributed by atoms with Gasteiger partial charge in [-0.2, -0.15) is 0 Å². The van der Waals surface area contributed by atoms with Crippen LogP contribution in [-0.4, -0.2) is 19.5 Å². The van der Waals surface area contributed by atoms with E-state index in [9.17, 15) is 0 Å². The van der Waals surface area contributed by atoms with Gasteiger partial charge in [0.15, 0.2) is 0 Å². The molecule has 0 aliphatic heterocycles. The molecule has 0 aliphatic carbocycles. The summed E-state index contributed by atoms with van der Waals surface area (Å²) in [6, 6.07) is 3.89. The zero-order valence-corrected chi connectivity index (χ0v) is 11.6. The molecule has 0 amide bonds. The first-order valence-electron chi connectivity index (χ1n) is 5.28. The Morgan fingerprint density at radius 2 is 2.11 bits per heavy atom. The first kappa shape index (κ1) is 11.6. The molecule has 0 bridgehead atoms. The van der Waals surface area contributed by atoms with E-state index in [2.05, 4.69) is 30.9 Å². The second-order valence-corrected chi connectivity index (χ2v) is 4.91. The average molecular weight is 324 g/mol. The Labute approximate surface area is 117 Å². The lowest BCUT2D eigenvalue weighted by atomic mass is 10.3. The fourth-order valence-electron chi connectivity index (χ4n) is 1.88. The zero-order chi connectivity index (χ0) is 12.5. The Hall–Kier alpha value is -1.46. The summed E-state index contributed by atoms with van der Waals surface area (Å²) in [5, 5.41) is 0. The van der Waals surface area contributed by atoms with Crippen LogP contribution < -0.4 is 0 Å². The monoisotopic (exact) mass is 322 g/mol. The van der Waals surface area contributed by atoms with Crippen molar-refractivity contribution in [2.45, 2.75) is 5.88 Å². The van der Waals surface area contributed by atoms with Gasteiger partial charge >= 0.3 is 0 Å². The second-order valence-electron chi connectivity index (χ2n) is 3.72. The van der Waals surface area contributed by atoms with Gasteiger partial charge < -0.3 is 0 Å². The van der Waals surface area contributed by atoms with Crippen molar-refractivity contribution in [1.29, 1.82) is 0 Å². The predicted molar refractivity (Wildman–Crippen MR) is 73.9 cm³/mol. The van der Waals surface area contributed by atoms with Crippen molar-refractivity contribution in [2.24, 2.45) is 0 Å². The average Bonchev–Trinajstić information content (AvgIpc) is 2.77. The van der Waals surface area contributed by atoms with Gasteiger partial charge in [0.05, 0.1) is 29.5 Å². The molecular formula is C12H8BrClN4. The van der Waals surface area contributed by atoms with Gasteiger partial charge in [-0.1, -0.05) is 0 Å². The van der Waals surface area contributed by atoms with E-state index in [0.717, 1.165) is 27.0 Å². The minimum atomic E-state index is 0.335. The van der Waals surface area contributed by atoms with Crippen molar-refractivity contribution >= 4 is 38.6 Å². The van der Waals surface area contributed by atoms with Crippen molar-refractivity contribution in [3.05, 3.63) is 47.2 Å². The normalized spacial score (nSPS) is 11.0. The summed E-state index contributed by atoms with van der Waals surface area (Å²) < 4.78 is 2.90. The molecule has 3 aromatic heterocycles. The maximum absolute atomic E-state index is 5.96. The molecule has 0 fully saturated rings. The first-order chi connectivity index (χ1) is 8.79. The van der Waals surface area contributed by atoms with E-state index < -0.39 is 0 Å². The number of fused-ring (bicyclic) bond motifs is 1. The largest absolute Gasteiger partial charge is 0.294 e. The molecule has 3 heterocycles. The smallest absolute Gasteiger partial charge is 0.129 e. The van der Waals surface area contributed by atoms with Gasteiger partial charge in [0, 0.05) is 16.9 Å². The third-order valence-electron chi connectivity index (χ3n) is 2.59. The summed E-state index contributed by atoms with van der Waals surface area (Å²) in [7, 11) is 0. The van der Waals surface area contributed by atoms with Gasteiger partial charge in [0.25, 0.3) is 0 Å². The van der Waals surface area contributed by atoms with Crippen LogP contribution in [0.15, 0.2) is 41.4 Å². The summed E-state index contributed by atoms with van der Waals surface area (Å²) in [6.07, 6.45) is 6.99. The Morgan fingerprint density at radius 1 is 1.22 bits per heavy atom. The number of imidazole rings is 1. The number of hydrogen-bond donors (Lipinski definition) is 0. The lowest BCUT2D eigenvalue weighted by Crippen LogP contribution is -1.99. The van der Waals surface area contributed by atoms with E-state index >= 15 is 0 Å². The van der Waals surface area contributed by atoms with Gasteiger partial charge in [-0.25, -0.2) is 4.98 Å². The number of pyridine rings is 2. The van der Waals surface area contributed by atoms with Crippen molar-refractivity contribution in [2.75, 3.05) is 0 Å². The maximum atomic E-state index is 5.96. The highest BCUT2D eigenvalue weighted by Crippen LogP contribution is 2.23. The van der Waals surface area contributed by atoms with Gasteiger partial charge in [-0.3, -0.25) is 14.5 Å². The number of aromatic nitrogens is 4. The topological polar surface area (TPSA) is 43.6 Å². The molecule has 4 nitrogen and oxygen atoms in total. The molecule has 0 radical (unpaired) electrons. The highest BCUT2D eigenvalue weighted by molar-refractivity contribution is 9.10. The second kappa shape index (κ2) is 4.66. The van der Waals surface area contributed by atoms with E-state index in [-0.39, 0.29) is 0 Å². The summed E-state index contributed by atoms with van der Waals surface area (Å²) in [6.45, 7) is 0. The molecular weight excluding hydrogens is 316 g/mol. The Kier molecular flexibility index (Phi) is 3.01. The van der Waals surface area contributed by atoms with Crippen LogP contribution in [0.3, 0.4) is 0 Å². The van der Waals surface area contributed by atoms with Crippen molar-refractivity contribution in [3.63, 3.8) is 0 Å². The predicted octanol–water partition coefficient (Wildman–Crippen LogP) is 3.32. The van der Waals surface area contributed by atoms with E-state index in [1.54, 1.807) is 24.8 Å². The molecule has 0 saturated heterocycles.